The molecule has 11 nitrogen and oxygen atoms in total. The van der Waals surface area contributed by atoms with Crippen molar-refractivity contribution >= 4 is 28.0 Å². The van der Waals surface area contributed by atoms with Crippen LogP contribution in [0, 0.1) is 19.3 Å². The van der Waals surface area contributed by atoms with E-state index in [-0.39, 0.29) is 41.7 Å². The van der Waals surface area contributed by atoms with Crippen molar-refractivity contribution in [3.8, 4) is 5.88 Å². The maximum atomic E-state index is 14.4. The highest BCUT2D eigenvalue weighted by atomic mass is 32.2. The number of halogens is 3. The average molecular weight is 746 g/mol. The first kappa shape index (κ1) is 38.8. The molecular formula is C37H46F3N5O6S. The third-order valence-corrected chi connectivity index (χ3v) is 10.8. The summed E-state index contributed by atoms with van der Waals surface area (Å²) in [7, 11) is -4.32. The number of hydrogen-bond acceptors (Lipinski definition) is 8. The molecule has 2 heterocycles. The molecule has 2 aliphatic rings. The Morgan fingerprint density at radius 3 is 2.29 bits per heavy atom. The summed E-state index contributed by atoms with van der Waals surface area (Å²) in [5.74, 6) is -1.00. The number of alkyl halides is 3. The Bertz CT molecular complexity index is 1900. The van der Waals surface area contributed by atoms with Gasteiger partial charge in [-0.2, -0.15) is 18.2 Å². The zero-order valence-corrected chi connectivity index (χ0v) is 31.2. The van der Waals surface area contributed by atoms with Gasteiger partial charge >= 0.3 is 12.3 Å². The molecule has 5 rings (SSSR count). The number of alkyl carbamates (subject to hydrolysis) is 1. The molecule has 1 aromatic heterocycles. The Hall–Kier alpha value is -4.40. The van der Waals surface area contributed by atoms with Gasteiger partial charge in [0.05, 0.1) is 22.0 Å². The Labute approximate surface area is 302 Å². The molecule has 2 N–H and O–H groups in total. The number of benzene rings is 2. The number of fused-ring (bicyclic) bond motifs is 4. The van der Waals surface area contributed by atoms with Crippen LogP contribution in [0.15, 0.2) is 53.4 Å². The van der Waals surface area contributed by atoms with Gasteiger partial charge in [0, 0.05) is 23.7 Å². The topological polar surface area (TPSA) is 140 Å². The number of aromatic nitrogens is 2. The summed E-state index contributed by atoms with van der Waals surface area (Å²) in [4.78, 5) is 36.7. The minimum atomic E-state index is -4.62. The zero-order valence-electron chi connectivity index (χ0n) is 30.4. The first-order chi connectivity index (χ1) is 24.1. The zero-order chi connectivity index (χ0) is 38.2. The Morgan fingerprint density at radius 2 is 1.65 bits per heavy atom. The van der Waals surface area contributed by atoms with Gasteiger partial charge in [0.15, 0.2) is 0 Å². The van der Waals surface area contributed by atoms with Gasteiger partial charge in [0.2, 0.25) is 11.8 Å². The summed E-state index contributed by atoms with van der Waals surface area (Å²) in [5, 5.41) is 2.76. The number of ether oxygens (including phenoxy) is 2. The molecular weight excluding hydrogens is 699 g/mol. The van der Waals surface area contributed by atoms with Gasteiger partial charge in [-0.25, -0.2) is 22.9 Å². The Morgan fingerprint density at radius 1 is 1.00 bits per heavy atom. The van der Waals surface area contributed by atoms with E-state index < -0.39 is 63.8 Å². The smallest absolute Gasteiger partial charge is 0.407 e. The number of anilines is 1. The Balaban J connectivity index is 1.54. The molecule has 0 spiro atoms. The summed E-state index contributed by atoms with van der Waals surface area (Å²) in [5.41, 5.74) is 0.702. The lowest BCUT2D eigenvalue weighted by molar-refractivity contribution is -0.218. The number of hydrogen-bond donors (Lipinski definition) is 2. The second-order valence-corrected chi connectivity index (χ2v) is 16.9. The highest BCUT2D eigenvalue weighted by Gasteiger charge is 2.51. The number of aryl methyl sites for hydroxylation is 3. The fourth-order valence-electron chi connectivity index (χ4n) is 6.50. The third kappa shape index (κ3) is 9.14. The van der Waals surface area contributed by atoms with E-state index in [0.29, 0.717) is 18.5 Å². The maximum Gasteiger partial charge on any atom is 0.407 e. The quantitative estimate of drug-likeness (QED) is 0.266. The van der Waals surface area contributed by atoms with Gasteiger partial charge in [-0.15, -0.1) is 0 Å². The van der Waals surface area contributed by atoms with Crippen molar-refractivity contribution in [2.75, 3.05) is 11.3 Å². The summed E-state index contributed by atoms with van der Waals surface area (Å²) >= 11 is 0. The van der Waals surface area contributed by atoms with Crippen molar-refractivity contribution in [2.24, 2.45) is 5.41 Å². The number of amides is 2. The van der Waals surface area contributed by atoms with E-state index in [9.17, 15) is 31.2 Å². The fraction of sp³-hybridized carbons (Fsp3) is 0.514. The van der Waals surface area contributed by atoms with Crippen molar-refractivity contribution in [3.05, 3.63) is 76.5 Å². The van der Waals surface area contributed by atoms with Gasteiger partial charge in [-0.05, 0) is 102 Å². The van der Waals surface area contributed by atoms with E-state index >= 15 is 0 Å². The third-order valence-electron chi connectivity index (χ3n) is 9.44. The largest absolute Gasteiger partial charge is 0.475 e. The van der Waals surface area contributed by atoms with Crippen molar-refractivity contribution in [2.45, 2.75) is 115 Å². The molecule has 0 radical (unpaired) electrons. The van der Waals surface area contributed by atoms with Crippen LogP contribution in [-0.4, -0.2) is 71.8 Å². The number of sulfonamides is 1. The molecule has 15 heteroatoms. The molecule has 282 valence electrons. The number of nitrogens with one attached hydrogen (secondary N) is 2. The normalized spacial score (nSPS) is 20.6. The van der Waals surface area contributed by atoms with Crippen LogP contribution in [-0.2, 0) is 27.6 Å². The molecule has 1 aliphatic heterocycles. The lowest BCUT2D eigenvalue weighted by atomic mass is 9.80. The molecule has 2 amide bonds. The fourth-order valence-corrected chi connectivity index (χ4v) is 7.49. The van der Waals surface area contributed by atoms with Gasteiger partial charge in [0.1, 0.15) is 12.2 Å². The molecule has 1 atom stereocenters. The van der Waals surface area contributed by atoms with Crippen molar-refractivity contribution in [1.82, 2.24) is 20.2 Å². The minimum Gasteiger partial charge on any atom is -0.475 e. The van der Waals surface area contributed by atoms with Crippen molar-refractivity contribution in [3.63, 3.8) is 0 Å². The molecule has 52 heavy (non-hydrogen) atoms. The summed E-state index contributed by atoms with van der Waals surface area (Å²) in [6.45, 7) is 10.9. The van der Waals surface area contributed by atoms with Crippen LogP contribution in [0.5, 0.6) is 5.88 Å². The first-order valence-corrected chi connectivity index (χ1v) is 18.7. The standard InChI is InChI=1S/C37H46F3N5O6S/c1-22-10-8-11-23(2)30(22)15-14-25-19-31-43-33(41-25)44-52(48,49)29-13-9-12-24(16-29)32(46)45(28(21-50-31)20-36(6,7)37(38,39)40)27-17-26(18-27)42-34(47)51-35(3,4)5/h8-13,16,19,26-28H,14-15,17-18,20-21H2,1-7H3,(H,42,47)(H,41,43,44)/t26?,27?,28-/m1/s1. The molecule has 1 saturated carbocycles. The molecule has 4 bridgehead atoms. The SMILES string of the molecule is Cc1cccc(C)c1CCc1cc2nc(n1)NS(=O)(=O)c1cccc(c1)C(=O)N(C1CC(NC(=O)OC(C)(C)C)C1)[C@H](CC(C)(C)C(F)(F)F)CO2. The van der Waals surface area contributed by atoms with Crippen LogP contribution in [0.25, 0.3) is 0 Å². The maximum absolute atomic E-state index is 14.4. The van der Waals surface area contributed by atoms with Gasteiger partial charge in [-0.1, -0.05) is 38.1 Å². The van der Waals surface area contributed by atoms with E-state index in [1.54, 1.807) is 20.8 Å². The number of rotatable bonds is 7. The summed E-state index contributed by atoms with van der Waals surface area (Å²) < 4.78 is 84.3. The lowest BCUT2D eigenvalue weighted by Gasteiger charge is -2.48. The second kappa shape index (κ2) is 14.6. The molecule has 0 unspecified atom stereocenters. The van der Waals surface area contributed by atoms with Crippen LogP contribution < -0.4 is 14.8 Å². The Kier molecular flexibility index (Phi) is 10.9. The van der Waals surface area contributed by atoms with E-state index in [2.05, 4.69) is 20.0 Å². The van der Waals surface area contributed by atoms with Gasteiger partial charge < -0.3 is 19.7 Å². The molecule has 1 aliphatic carbocycles. The number of carbonyl (C=O) groups excluding carboxylic acids is 2. The van der Waals surface area contributed by atoms with Crippen LogP contribution >= 0.6 is 0 Å². The van der Waals surface area contributed by atoms with Gasteiger partial charge in [0.25, 0.3) is 15.9 Å². The van der Waals surface area contributed by atoms with Crippen LogP contribution in [0.3, 0.4) is 0 Å². The van der Waals surface area contributed by atoms with E-state index in [0.717, 1.165) is 30.5 Å². The predicted molar refractivity (Wildman–Crippen MR) is 189 cm³/mol. The van der Waals surface area contributed by atoms with Crippen LogP contribution in [0.2, 0.25) is 0 Å². The highest BCUT2D eigenvalue weighted by molar-refractivity contribution is 7.92. The molecule has 2 aromatic carbocycles. The van der Waals surface area contributed by atoms with Crippen molar-refractivity contribution in [1.29, 1.82) is 0 Å². The monoisotopic (exact) mass is 745 g/mol. The van der Waals surface area contributed by atoms with E-state index in [4.69, 9.17) is 9.47 Å². The molecule has 3 aromatic rings. The van der Waals surface area contributed by atoms with E-state index in [1.807, 2.05) is 32.0 Å². The van der Waals surface area contributed by atoms with Crippen LogP contribution in [0.1, 0.15) is 86.6 Å². The number of nitrogens with zero attached hydrogens (tertiary/aromatic N) is 3. The summed E-state index contributed by atoms with van der Waals surface area (Å²) in [6, 6.07) is 10.6. The molecule has 1 fully saturated rings. The lowest BCUT2D eigenvalue weighted by Crippen LogP contribution is -2.60. The van der Waals surface area contributed by atoms with Crippen LogP contribution in [0.4, 0.5) is 23.9 Å². The van der Waals surface area contributed by atoms with Gasteiger partial charge in [-0.3, -0.25) is 4.79 Å². The minimum absolute atomic E-state index is 0.0394. The predicted octanol–water partition coefficient (Wildman–Crippen LogP) is 6.92. The highest BCUT2D eigenvalue weighted by Crippen LogP contribution is 2.43. The summed E-state index contributed by atoms with van der Waals surface area (Å²) in [6.07, 6.45) is -4.38. The van der Waals surface area contributed by atoms with Crippen molar-refractivity contribution < 1.29 is 40.7 Å². The first-order valence-electron chi connectivity index (χ1n) is 17.2. The second-order valence-electron chi connectivity index (χ2n) is 15.3. The average Bonchev–Trinajstić information content (AvgIpc) is 3.00. The number of carbonyl (C=O) groups is 2. The molecule has 0 saturated heterocycles. The van der Waals surface area contributed by atoms with E-state index in [1.165, 1.54) is 35.2 Å².